The van der Waals surface area contributed by atoms with Gasteiger partial charge in [-0.05, 0) is 36.8 Å². The highest BCUT2D eigenvalue weighted by Gasteiger charge is 2.52. The molecule has 0 aromatic heterocycles. The van der Waals surface area contributed by atoms with Gasteiger partial charge in [-0.25, -0.2) is 0 Å². The van der Waals surface area contributed by atoms with Crippen LogP contribution < -0.4 is 9.80 Å². The highest BCUT2D eigenvalue weighted by atomic mass is 16.2. The first kappa shape index (κ1) is 21.8. The summed E-state index contributed by atoms with van der Waals surface area (Å²) >= 11 is 0. The number of ketones is 2. The van der Waals surface area contributed by atoms with Crippen molar-refractivity contribution in [2.75, 3.05) is 23.9 Å². The topological polar surface area (TPSA) is 74.8 Å². The number of carbonyl (C=O) groups excluding carboxylic acids is 4. The van der Waals surface area contributed by atoms with Crippen molar-refractivity contribution in [2.24, 2.45) is 11.8 Å². The van der Waals surface area contributed by atoms with Crippen LogP contribution in [0.2, 0.25) is 0 Å². The van der Waals surface area contributed by atoms with E-state index in [0.717, 1.165) is 5.56 Å². The van der Waals surface area contributed by atoms with E-state index >= 15 is 0 Å². The fourth-order valence-electron chi connectivity index (χ4n) is 5.25. The van der Waals surface area contributed by atoms with Gasteiger partial charge in [-0.15, -0.1) is 0 Å². The van der Waals surface area contributed by atoms with Gasteiger partial charge >= 0.3 is 0 Å². The van der Waals surface area contributed by atoms with Gasteiger partial charge in [0.25, 0.3) is 0 Å². The van der Waals surface area contributed by atoms with E-state index in [0.29, 0.717) is 28.1 Å². The number of hydrogen-bond acceptors (Lipinski definition) is 4. The van der Waals surface area contributed by atoms with Gasteiger partial charge in [0.05, 0.1) is 11.4 Å². The quantitative estimate of drug-likeness (QED) is 0.563. The summed E-state index contributed by atoms with van der Waals surface area (Å²) in [7, 11) is 3.25. The molecule has 1 unspecified atom stereocenters. The SMILES string of the molecule is Cc1cccc(C([C@@H]2C(=O)c3ccccc3N(C)C2=O)[C@H]2C(=O)c3ccccc3N(C)C2=O)c1. The molecule has 3 aromatic carbocycles. The normalized spacial score (nSPS) is 20.8. The first-order chi connectivity index (χ1) is 16.3. The predicted molar refractivity (Wildman–Crippen MR) is 129 cm³/mol. The lowest BCUT2D eigenvalue weighted by molar-refractivity contribution is -0.124. The maximum atomic E-state index is 13.8. The Balaban J connectivity index is 1.72. The number of aryl methyl sites for hydroxylation is 1. The Morgan fingerprint density at radius 3 is 1.59 bits per heavy atom. The van der Waals surface area contributed by atoms with Crippen LogP contribution >= 0.6 is 0 Å². The van der Waals surface area contributed by atoms with Gasteiger partial charge in [0.15, 0.2) is 11.6 Å². The molecule has 0 aliphatic carbocycles. The standard InChI is InChI=1S/C28H24N2O4/c1-16-9-8-10-17(15-16)22(23-25(31)18-11-4-6-13-20(18)29(2)27(23)33)24-26(32)19-12-5-7-14-21(19)30(3)28(24)34/h4-15,22-24H,1-3H3/t22?,23-,24+. The van der Waals surface area contributed by atoms with Gasteiger partial charge in [0.1, 0.15) is 11.8 Å². The van der Waals surface area contributed by atoms with Crippen LogP contribution in [0.4, 0.5) is 11.4 Å². The minimum absolute atomic E-state index is 0.368. The molecular formula is C28H24N2O4. The summed E-state index contributed by atoms with van der Waals surface area (Å²) in [6.45, 7) is 1.90. The summed E-state index contributed by atoms with van der Waals surface area (Å²) in [6, 6.07) is 21.2. The summed E-state index contributed by atoms with van der Waals surface area (Å²) in [5.74, 6) is -4.91. The fourth-order valence-corrected chi connectivity index (χ4v) is 5.25. The molecule has 3 atom stereocenters. The highest BCUT2D eigenvalue weighted by molar-refractivity contribution is 6.25. The average molecular weight is 453 g/mol. The van der Waals surface area contributed by atoms with Crippen LogP contribution in [0.15, 0.2) is 72.8 Å². The van der Waals surface area contributed by atoms with Gasteiger partial charge in [0.2, 0.25) is 11.8 Å². The van der Waals surface area contributed by atoms with E-state index in [1.165, 1.54) is 9.80 Å². The maximum absolute atomic E-state index is 13.8. The Kier molecular flexibility index (Phi) is 5.16. The average Bonchev–Trinajstić information content (AvgIpc) is 2.85. The summed E-state index contributed by atoms with van der Waals surface area (Å²) in [5, 5.41) is 0. The molecule has 0 spiro atoms. The van der Waals surface area contributed by atoms with Crippen LogP contribution in [-0.2, 0) is 9.59 Å². The third-order valence-corrected chi connectivity index (χ3v) is 6.97. The molecule has 34 heavy (non-hydrogen) atoms. The van der Waals surface area contributed by atoms with Crippen molar-refractivity contribution in [1.82, 2.24) is 0 Å². The van der Waals surface area contributed by atoms with E-state index in [1.54, 1.807) is 68.7 Å². The molecule has 2 heterocycles. The molecule has 170 valence electrons. The highest BCUT2D eigenvalue weighted by Crippen LogP contribution is 2.45. The van der Waals surface area contributed by atoms with Crippen LogP contribution in [0.3, 0.4) is 0 Å². The zero-order valence-corrected chi connectivity index (χ0v) is 19.2. The molecule has 2 aliphatic rings. The minimum Gasteiger partial charge on any atom is -0.314 e. The third kappa shape index (κ3) is 3.17. The number of para-hydroxylation sites is 2. The lowest BCUT2D eigenvalue weighted by Gasteiger charge is -2.40. The predicted octanol–water partition coefficient (Wildman–Crippen LogP) is 4.03. The molecule has 0 saturated carbocycles. The van der Waals surface area contributed by atoms with E-state index in [4.69, 9.17) is 0 Å². The second-order valence-electron chi connectivity index (χ2n) is 8.95. The zero-order chi connectivity index (χ0) is 24.1. The van der Waals surface area contributed by atoms with Crippen molar-refractivity contribution in [2.45, 2.75) is 12.8 Å². The Labute approximate surface area is 197 Å². The first-order valence-electron chi connectivity index (χ1n) is 11.2. The smallest absolute Gasteiger partial charge is 0.238 e. The lowest BCUT2D eigenvalue weighted by atomic mass is 9.68. The van der Waals surface area contributed by atoms with Crippen LogP contribution in [0.5, 0.6) is 0 Å². The molecule has 6 nitrogen and oxygen atoms in total. The van der Waals surface area contributed by atoms with Crippen molar-refractivity contribution >= 4 is 34.8 Å². The van der Waals surface area contributed by atoms with Crippen molar-refractivity contribution in [3.63, 3.8) is 0 Å². The Morgan fingerprint density at radius 2 is 1.12 bits per heavy atom. The molecule has 0 saturated heterocycles. The van der Waals surface area contributed by atoms with Gasteiger partial charge in [0, 0.05) is 31.1 Å². The summed E-state index contributed by atoms with van der Waals surface area (Å²) in [4.78, 5) is 57.8. The molecule has 0 fully saturated rings. The fraction of sp³-hybridized carbons (Fsp3) is 0.214. The number of nitrogens with zero attached hydrogens (tertiary/aromatic N) is 2. The second kappa shape index (κ2) is 8.06. The molecule has 5 rings (SSSR count). The molecule has 0 bridgehead atoms. The van der Waals surface area contributed by atoms with Crippen LogP contribution in [0, 0.1) is 18.8 Å². The molecule has 3 aromatic rings. The number of Topliss-reactive ketones (excluding diaryl/α,β-unsaturated/α-hetero) is 2. The van der Waals surface area contributed by atoms with Gasteiger partial charge < -0.3 is 9.80 Å². The molecule has 0 N–H and O–H groups in total. The number of fused-ring (bicyclic) bond motifs is 2. The van der Waals surface area contributed by atoms with Crippen LogP contribution in [0.25, 0.3) is 0 Å². The molecule has 6 heteroatoms. The summed E-state index contributed by atoms with van der Waals surface area (Å²) in [6.07, 6.45) is 0. The number of anilines is 2. The first-order valence-corrected chi connectivity index (χ1v) is 11.2. The second-order valence-corrected chi connectivity index (χ2v) is 8.95. The monoisotopic (exact) mass is 452 g/mol. The lowest BCUT2D eigenvalue weighted by Crippen LogP contribution is -2.52. The van der Waals surface area contributed by atoms with E-state index in [9.17, 15) is 19.2 Å². The van der Waals surface area contributed by atoms with Gasteiger partial charge in [-0.2, -0.15) is 0 Å². The molecule has 2 aliphatic heterocycles. The maximum Gasteiger partial charge on any atom is 0.238 e. The van der Waals surface area contributed by atoms with Gasteiger partial charge in [-0.1, -0.05) is 54.1 Å². The third-order valence-electron chi connectivity index (χ3n) is 6.97. The van der Waals surface area contributed by atoms with E-state index in [2.05, 4.69) is 0 Å². The van der Waals surface area contributed by atoms with Crippen molar-refractivity contribution in [3.05, 3.63) is 95.1 Å². The van der Waals surface area contributed by atoms with Crippen LogP contribution in [-0.4, -0.2) is 37.5 Å². The van der Waals surface area contributed by atoms with Crippen molar-refractivity contribution in [3.8, 4) is 0 Å². The van der Waals surface area contributed by atoms with Crippen molar-refractivity contribution < 1.29 is 19.2 Å². The van der Waals surface area contributed by atoms with E-state index < -0.39 is 29.6 Å². The van der Waals surface area contributed by atoms with Crippen molar-refractivity contribution in [1.29, 1.82) is 0 Å². The molecule has 2 amide bonds. The van der Waals surface area contributed by atoms with Crippen LogP contribution in [0.1, 0.15) is 37.8 Å². The number of carbonyl (C=O) groups is 4. The Morgan fingerprint density at radius 1 is 0.647 bits per heavy atom. The van der Waals surface area contributed by atoms with Gasteiger partial charge in [-0.3, -0.25) is 19.2 Å². The zero-order valence-electron chi connectivity index (χ0n) is 19.2. The molecular weight excluding hydrogens is 428 g/mol. The van der Waals surface area contributed by atoms with E-state index in [-0.39, 0.29) is 11.6 Å². The minimum atomic E-state index is -1.20. The summed E-state index contributed by atoms with van der Waals surface area (Å²) < 4.78 is 0. The largest absolute Gasteiger partial charge is 0.314 e. The molecule has 0 radical (unpaired) electrons. The Hall–Kier alpha value is -4.06. The number of benzene rings is 3. The number of amides is 2. The van der Waals surface area contributed by atoms with E-state index in [1.807, 2.05) is 25.1 Å². The number of hydrogen-bond donors (Lipinski definition) is 0. The summed E-state index contributed by atoms with van der Waals surface area (Å²) in [5.41, 5.74) is 3.42. The Bertz CT molecular complexity index is 1280. The number of rotatable bonds is 3.